The number of rotatable bonds is 5. The number of aliphatic hydroxyl groups excluding tert-OH is 1. The number of hydrogen-bond acceptors (Lipinski definition) is 3. The molecule has 0 saturated carbocycles. The van der Waals surface area contributed by atoms with Crippen molar-refractivity contribution >= 4 is 11.8 Å². The SMILES string of the molecule is CC(C)CCC(=O)N1CC(=O)N(CC(C)C)CC(O)C1. The first-order valence-corrected chi connectivity index (χ1v) is 7.53. The smallest absolute Gasteiger partial charge is 0.242 e. The first-order chi connectivity index (χ1) is 9.29. The molecule has 1 rings (SSSR count). The Bertz CT molecular complexity index is 342. The van der Waals surface area contributed by atoms with E-state index in [2.05, 4.69) is 13.8 Å². The number of hydrogen-bond donors (Lipinski definition) is 1. The number of carbonyl (C=O) groups excluding carboxylic acids is 2. The average Bonchev–Trinajstić information content (AvgIpc) is 2.45. The Labute approximate surface area is 121 Å². The van der Waals surface area contributed by atoms with Gasteiger partial charge in [0.25, 0.3) is 0 Å². The third kappa shape index (κ3) is 5.49. The Morgan fingerprint density at radius 1 is 1.25 bits per heavy atom. The van der Waals surface area contributed by atoms with Gasteiger partial charge in [-0.25, -0.2) is 0 Å². The Balaban J connectivity index is 2.63. The zero-order valence-electron chi connectivity index (χ0n) is 13.1. The molecule has 1 N–H and O–H groups in total. The molecule has 1 aliphatic heterocycles. The molecule has 1 aliphatic rings. The van der Waals surface area contributed by atoms with Crippen molar-refractivity contribution in [2.24, 2.45) is 11.8 Å². The number of aliphatic hydroxyl groups is 1. The first-order valence-electron chi connectivity index (χ1n) is 7.53. The van der Waals surface area contributed by atoms with Crippen LogP contribution in [0.5, 0.6) is 0 Å². The molecule has 1 unspecified atom stereocenters. The van der Waals surface area contributed by atoms with Crippen molar-refractivity contribution in [3.63, 3.8) is 0 Å². The quantitative estimate of drug-likeness (QED) is 0.822. The lowest BCUT2D eigenvalue weighted by atomic mass is 10.1. The Morgan fingerprint density at radius 2 is 1.90 bits per heavy atom. The van der Waals surface area contributed by atoms with Gasteiger partial charge in [0.1, 0.15) is 0 Å². The van der Waals surface area contributed by atoms with E-state index in [4.69, 9.17) is 0 Å². The third-order valence-electron chi connectivity index (χ3n) is 3.41. The maximum atomic E-state index is 12.2. The molecule has 1 atom stereocenters. The summed E-state index contributed by atoms with van der Waals surface area (Å²) in [4.78, 5) is 27.5. The maximum Gasteiger partial charge on any atom is 0.242 e. The van der Waals surface area contributed by atoms with Crippen LogP contribution in [0.4, 0.5) is 0 Å². The van der Waals surface area contributed by atoms with Gasteiger partial charge in [0.15, 0.2) is 0 Å². The minimum Gasteiger partial charge on any atom is -0.389 e. The zero-order chi connectivity index (χ0) is 15.3. The summed E-state index contributed by atoms with van der Waals surface area (Å²) < 4.78 is 0. The van der Waals surface area contributed by atoms with Gasteiger partial charge in [0.2, 0.25) is 11.8 Å². The predicted octanol–water partition coefficient (Wildman–Crippen LogP) is 1.11. The monoisotopic (exact) mass is 284 g/mol. The van der Waals surface area contributed by atoms with Crippen molar-refractivity contribution in [3.8, 4) is 0 Å². The van der Waals surface area contributed by atoms with Gasteiger partial charge in [-0.2, -0.15) is 0 Å². The van der Waals surface area contributed by atoms with Crippen LogP contribution in [0.25, 0.3) is 0 Å². The molecule has 0 aromatic heterocycles. The molecule has 0 radical (unpaired) electrons. The van der Waals surface area contributed by atoms with E-state index >= 15 is 0 Å². The lowest BCUT2D eigenvalue weighted by molar-refractivity contribution is -0.139. The molecule has 5 nitrogen and oxygen atoms in total. The fourth-order valence-electron chi connectivity index (χ4n) is 2.37. The summed E-state index contributed by atoms with van der Waals surface area (Å²) in [6, 6.07) is 0. The van der Waals surface area contributed by atoms with Crippen LogP contribution in [0.3, 0.4) is 0 Å². The van der Waals surface area contributed by atoms with E-state index in [1.807, 2.05) is 13.8 Å². The molecule has 0 aromatic rings. The summed E-state index contributed by atoms with van der Waals surface area (Å²) >= 11 is 0. The number of amides is 2. The highest BCUT2D eigenvalue weighted by molar-refractivity contribution is 5.85. The predicted molar refractivity (Wildman–Crippen MR) is 78.1 cm³/mol. The zero-order valence-corrected chi connectivity index (χ0v) is 13.1. The number of nitrogens with zero attached hydrogens (tertiary/aromatic N) is 2. The summed E-state index contributed by atoms with van der Waals surface area (Å²) in [5, 5.41) is 10.00. The summed E-state index contributed by atoms with van der Waals surface area (Å²) in [6.07, 6.45) is 0.611. The highest BCUT2D eigenvalue weighted by Gasteiger charge is 2.29. The van der Waals surface area contributed by atoms with Gasteiger partial charge in [0.05, 0.1) is 12.6 Å². The minimum absolute atomic E-state index is 0.0301. The molecule has 116 valence electrons. The fraction of sp³-hybridized carbons (Fsp3) is 0.867. The summed E-state index contributed by atoms with van der Waals surface area (Å²) in [5.41, 5.74) is 0. The second-order valence-corrected chi connectivity index (χ2v) is 6.55. The third-order valence-corrected chi connectivity index (χ3v) is 3.41. The van der Waals surface area contributed by atoms with E-state index in [0.29, 0.717) is 31.3 Å². The number of carbonyl (C=O) groups is 2. The summed E-state index contributed by atoms with van der Waals surface area (Å²) in [6.45, 7) is 9.53. The molecule has 1 saturated heterocycles. The van der Waals surface area contributed by atoms with Crippen molar-refractivity contribution in [2.45, 2.75) is 46.6 Å². The Hall–Kier alpha value is -1.10. The maximum absolute atomic E-state index is 12.2. The van der Waals surface area contributed by atoms with Gasteiger partial charge < -0.3 is 14.9 Å². The fourth-order valence-corrected chi connectivity index (χ4v) is 2.37. The topological polar surface area (TPSA) is 60.9 Å². The number of β-amino-alcohol motifs (C(OH)–C–C–N with tert-alkyl or cyclic N) is 1. The van der Waals surface area contributed by atoms with Gasteiger partial charge >= 0.3 is 0 Å². The summed E-state index contributed by atoms with van der Waals surface area (Å²) in [7, 11) is 0. The van der Waals surface area contributed by atoms with Crippen molar-refractivity contribution in [2.75, 3.05) is 26.2 Å². The summed E-state index contributed by atoms with van der Waals surface area (Å²) in [5.74, 6) is 0.726. The van der Waals surface area contributed by atoms with Gasteiger partial charge in [-0.3, -0.25) is 9.59 Å². The van der Waals surface area contributed by atoms with Crippen molar-refractivity contribution in [1.82, 2.24) is 9.80 Å². The molecule has 0 aromatic carbocycles. The average molecular weight is 284 g/mol. The Morgan fingerprint density at radius 3 is 2.45 bits per heavy atom. The van der Waals surface area contributed by atoms with Crippen LogP contribution in [-0.2, 0) is 9.59 Å². The van der Waals surface area contributed by atoms with E-state index in [9.17, 15) is 14.7 Å². The van der Waals surface area contributed by atoms with Crippen molar-refractivity contribution < 1.29 is 14.7 Å². The van der Waals surface area contributed by atoms with E-state index < -0.39 is 6.10 Å². The van der Waals surface area contributed by atoms with Gasteiger partial charge in [-0.1, -0.05) is 27.7 Å². The molecule has 20 heavy (non-hydrogen) atoms. The highest BCUT2D eigenvalue weighted by atomic mass is 16.3. The van der Waals surface area contributed by atoms with Crippen LogP contribution in [0, 0.1) is 11.8 Å². The van der Waals surface area contributed by atoms with Gasteiger partial charge in [0, 0.05) is 26.1 Å². The molecule has 0 spiro atoms. The van der Waals surface area contributed by atoms with Gasteiger partial charge in [-0.15, -0.1) is 0 Å². The Kier molecular flexibility index (Phi) is 6.46. The van der Waals surface area contributed by atoms with Crippen LogP contribution in [-0.4, -0.2) is 59.0 Å². The second-order valence-electron chi connectivity index (χ2n) is 6.55. The first kappa shape index (κ1) is 17.0. The van der Waals surface area contributed by atoms with E-state index in [1.165, 1.54) is 4.90 Å². The van der Waals surface area contributed by atoms with Crippen LogP contribution >= 0.6 is 0 Å². The van der Waals surface area contributed by atoms with Crippen molar-refractivity contribution in [1.29, 1.82) is 0 Å². The lowest BCUT2D eigenvalue weighted by Crippen LogP contribution is -2.40. The molecule has 0 bridgehead atoms. The molecule has 2 amide bonds. The molecule has 1 heterocycles. The largest absolute Gasteiger partial charge is 0.389 e. The molecule has 0 aliphatic carbocycles. The normalized spacial score (nSPS) is 20.8. The molecule has 1 fully saturated rings. The van der Waals surface area contributed by atoms with Crippen LogP contribution in [0.2, 0.25) is 0 Å². The second kappa shape index (κ2) is 7.62. The van der Waals surface area contributed by atoms with E-state index in [1.54, 1.807) is 4.90 Å². The van der Waals surface area contributed by atoms with Crippen molar-refractivity contribution in [3.05, 3.63) is 0 Å². The molecular weight excluding hydrogens is 256 g/mol. The van der Waals surface area contributed by atoms with Crippen LogP contribution < -0.4 is 0 Å². The minimum atomic E-state index is -0.650. The standard InChI is InChI=1S/C15H28N2O3/c1-11(2)5-6-14(19)17-9-13(18)8-16(7-12(3)4)15(20)10-17/h11-13,18H,5-10H2,1-4H3. The molecular formula is C15H28N2O3. The van der Waals surface area contributed by atoms with Crippen LogP contribution in [0.15, 0.2) is 0 Å². The van der Waals surface area contributed by atoms with E-state index in [-0.39, 0.29) is 24.9 Å². The van der Waals surface area contributed by atoms with E-state index in [0.717, 1.165) is 6.42 Å². The lowest BCUT2D eigenvalue weighted by Gasteiger charge is -2.23. The molecule has 5 heteroatoms. The van der Waals surface area contributed by atoms with Gasteiger partial charge in [-0.05, 0) is 18.3 Å². The highest BCUT2D eigenvalue weighted by Crippen LogP contribution is 2.12. The van der Waals surface area contributed by atoms with Crippen LogP contribution in [0.1, 0.15) is 40.5 Å².